The number of aromatic carboxylic acids is 1. The largest absolute Gasteiger partial charge is 0.477 e. The molecule has 0 saturated heterocycles. The monoisotopic (exact) mass is 410 g/mol. The van der Waals surface area contributed by atoms with Crippen LogP contribution in [0.15, 0.2) is 53.6 Å². The van der Waals surface area contributed by atoms with Crippen molar-refractivity contribution < 1.29 is 19.2 Å². The Hall–Kier alpha value is -2.97. The molecule has 8 nitrogen and oxygen atoms in total. The van der Waals surface area contributed by atoms with E-state index in [2.05, 4.69) is 20.4 Å². The van der Waals surface area contributed by atoms with Crippen molar-refractivity contribution in [3.63, 3.8) is 0 Å². The SMILES string of the molecule is C[C@@H](NC(=O)c1cccnc1)c1onc(-c2cccnc2)c1C(=O)O.Cl.Cl. The molecular formula is C17H16Cl2N4O4. The van der Waals surface area contributed by atoms with Crippen LogP contribution in [0, 0.1) is 0 Å². The summed E-state index contributed by atoms with van der Waals surface area (Å²) in [5, 5.41) is 16.1. The first kappa shape index (κ1) is 22.1. The van der Waals surface area contributed by atoms with E-state index in [-0.39, 0.29) is 41.8 Å². The van der Waals surface area contributed by atoms with E-state index in [1.54, 1.807) is 43.6 Å². The third-order valence-electron chi connectivity index (χ3n) is 3.53. The molecule has 0 aliphatic heterocycles. The normalized spacial score (nSPS) is 10.9. The molecule has 1 amide bonds. The minimum absolute atomic E-state index is 0. The maximum absolute atomic E-state index is 12.2. The van der Waals surface area contributed by atoms with Gasteiger partial charge < -0.3 is 14.9 Å². The Bertz CT molecular complexity index is 904. The van der Waals surface area contributed by atoms with Gasteiger partial charge in [-0.05, 0) is 31.2 Å². The second-order valence-electron chi connectivity index (χ2n) is 5.25. The van der Waals surface area contributed by atoms with Gasteiger partial charge in [0.2, 0.25) is 0 Å². The van der Waals surface area contributed by atoms with Crippen molar-refractivity contribution in [1.29, 1.82) is 0 Å². The summed E-state index contributed by atoms with van der Waals surface area (Å²) < 4.78 is 5.22. The van der Waals surface area contributed by atoms with Crippen molar-refractivity contribution in [3.8, 4) is 11.3 Å². The molecule has 3 aromatic rings. The van der Waals surface area contributed by atoms with E-state index in [0.29, 0.717) is 11.1 Å². The van der Waals surface area contributed by atoms with Crippen molar-refractivity contribution in [2.24, 2.45) is 0 Å². The predicted molar refractivity (Wildman–Crippen MR) is 101 cm³/mol. The number of halogens is 2. The molecular weight excluding hydrogens is 395 g/mol. The van der Waals surface area contributed by atoms with E-state index >= 15 is 0 Å². The molecule has 3 rings (SSSR count). The standard InChI is InChI=1S/C17H14N4O4.2ClH/c1-10(20-16(22)12-5-3-7-19-9-12)15-13(17(23)24)14(21-25-15)11-4-2-6-18-8-11;;/h2-10H,1H3,(H,20,22)(H,23,24);2*1H/t10-;;/m1../s1. The van der Waals surface area contributed by atoms with Crippen LogP contribution in [0.2, 0.25) is 0 Å². The van der Waals surface area contributed by atoms with Crippen LogP contribution in [-0.2, 0) is 0 Å². The molecule has 142 valence electrons. The highest BCUT2D eigenvalue weighted by Crippen LogP contribution is 2.28. The molecule has 0 aliphatic carbocycles. The highest BCUT2D eigenvalue weighted by atomic mass is 35.5. The lowest BCUT2D eigenvalue weighted by Gasteiger charge is -2.11. The Morgan fingerprint density at radius 3 is 2.33 bits per heavy atom. The molecule has 3 heterocycles. The minimum atomic E-state index is -1.20. The summed E-state index contributed by atoms with van der Waals surface area (Å²) in [4.78, 5) is 31.7. The lowest BCUT2D eigenvalue weighted by Crippen LogP contribution is -2.27. The summed E-state index contributed by atoms with van der Waals surface area (Å²) in [5.41, 5.74) is 0.934. The maximum atomic E-state index is 12.2. The van der Waals surface area contributed by atoms with Crippen molar-refractivity contribution in [2.75, 3.05) is 0 Å². The molecule has 0 spiro atoms. The van der Waals surface area contributed by atoms with Crippen molar-refractivity contribution >= 4 is 36.7 Å². The molecule has 1 atom stereocenters. The Morgan fingerprint density at radius 2 is 1.78 bits per heavy atom. The zero-order chi connectivity index (χ0) is 17.8. The Balaban J connectivity index is 0.00000182. The number of amides is 1. The van der Waals surface area contributed by atoms with Crippen molar-refractivity contribution in [2.45, 2.75) is 13.0 Å². The van der Waals surface area contributed by atoms with Gasteiger partial charge in [-0.1, -0.05) is 5.16 Å². The molecule has 0 aromatic carbocycles. The van der Waals surface area contributed by atoms with Gasteiger partial charge >= 0.3 is 5.97 Å². The van der Waals surface area contributed by atoms with Gasteiger partial charge in [-0.3, -0.25) is 14.8 Å². The second-order valence-corrected chi connectivity index (χ2v) is 5.25. The number of aromatic nitrogens is 3. The molecule has 3 aromatic heterocycles. The number of hydrogen-bond acceptors (Lipinski definition) is 6. The number of carboxylic acid groups (broad SMARTS) is 1. The van der Waals surface area contributed by atoms with E-state index in [1.807, 2.05) is 0 Å². The average Bonchev–Trinajstić information content (AvgIpc) is 3.08. The molecule has 0 aliphatic rings. The van der Waals surface area contributed by atoms with E-state index in [9.17, 15) is 14.7 Å². The number of carbonyl (C=O) groups excluding carboxylic acids is 1. The van der Waals surface area contributed by atoms with Gasteiger partial charge in [-0.25, -0.2) is 4.79 Å². The fourth-order valence-electron chi connectivity index (χ4n) is 2.35. The lowest BCUT2D eigenvalue weighted by molar-refractivity contribution is 0.0692. The van der Waals surface area contributed by atoms with E-state index in [0.717, 1.165) is 0 Å². The Kier molecular flexibility index (Phi) is 7.89. The zero-order valence-corrected chi connectivity index (χ0v) is 15.7. The van der Waals surface area contributed by atoms with Gasteiger partial charge in [0.15, 0.2) is 5.76 Å². The first-order valence-corrected chi connectivity index (χ1v) is 7.42. The highest BCUT2D eigenvalue weighted by molar-refractivity contribution is 5.97. The second kappa shape index (κ2) is 9.65. The topological polar surface area (TPSA) is 118 Å². The van der Waals surface area contributed by atoms with Gasteiger partial charge in [-0.15, -0.1) is 24.8 Å². The number of nitrogens with zero attached hydrogens (tertiary/aromatic N) is 3. The molecule has 0 saturated carbocycles. The predicted octanol–water partition coefficient (Wildman–Crippen LogP) is 3.16. The number of hydrogen-bond donors (Lipinski definition) is 2. The third kappa shape index (κ3) is 4.81. The summed E-state index contributed by atoms with van der Waals surface area (Å²) in [5.74, 6) is -1.53. The molecule has 0 radical (unpaired) electrons. The fraction of sp³-hybridized carbons (Fsp3) is 0.118. The third-order valence-corrected chi connectivity index (χ3v) is 3.53. The molecule has 2 N–H and O–H groups in total. The van der Waals surface area contributed by atoms with Crippen LogP contribution in [0.4, 0.5) is 0 Å². The highest BCUT2D eigenvalue weighted by Gasteiger charge is 2.28. The smallest absolute Gasteiger partial charge is 0.341 e. The van der Waals surface area contributed by atoms with Gasteiger partial charge in [0.05, 0.1) is 11.6 Å². The first-order chi connectivity index (χ1) is 12.1. The summed E-state index contributed by atoms with van der Waals surface area (Å²) in [6, 6.07) is 5.89. The number of pyridine rings is 2. The fourth-order valence-corrected chi connectivity index (χ4v) is 2.35. The van der Waals surface area contributed by atoms with E-state index in [4.69, 9.17) is 4.52 Å². The van der Waals surface area contributed by atoms with Crippen LogP contribution < -0.4 is 5.32 Å². The zero-order valence-electron chi connectivity index (χ0n) is 14.0. The number of nitrogens with one attached hydrogen (secondary N) is 1. The number of rotatable bonds is 5. The summed E-state index contributed by atoms with van der Waals surface area (Å²) in [6.07, 6.45) is 6.04. The van der Waals surface area contributed by atoms with E-state index < -0.39 is 17.9 Å². The molecule has 0 bridgehead atoms. The van der Waals surface area contributed by atoms with Crippen LogP contribution in [0.3, 0.4) is 0 Å². The maximum Gasteiger partial charge on any atom is 0.341 e. The molecule has 0 fully saturated rings. The van der Waals surface area contributed by atoms with Crippen LogP contribution in [0.1, 0.15) is 39.4 Å². The van der Waals surface area contributed by atoms with Gasteiger partial charge in [0.25, 0.3) is 5.91 Å². The lowest BCUT2D eigenvalue weighted by atomic mass is 10.0. The number of carbonyl (C=O) groups is 2. The van der Waals surface area contributed by atoms with Crippen LogP contribution in [-0.4, -0.2) is 32.1 Å². The molecule has 27 heavy (non-hydrogen) atoms. The van der Waals surface area contributed by atoms with Crippen LogP contribution >= 0.6 is 24.8 Å². The summed E-state index contributed by atoms with van der Waals surface area (Å²) in [6.45, 7) is 1.62. The van der Waals surface area contributed by atoms with Gasteiger partial charge in [0, 0.05) is 30.4 Å². The summed E-state index contributed by atoms with van der Waals surface area (Å²) >= 11 is 0. The molecule has 10 heteroatoms. The quantitative estimate of drug-likeness (QED) is 0.662. The number of carboxylic acids is 1. The molecule has 0 unspecified atom stereocenters. The summed E-state index contributed by atoms with van der Waals surface area (Å²) in [7, 11) is 0. The van der Waals surface area contributed by atoms with E-state index in [1.165, 1.54) is 12.4 Å². The first-order valence-electron chi connectivity index (χ1n) is 7.42. The Labute approximate surface area is 166 Å². The van der Waals surface area contributed by atoms with Crippen molar-refractivity contribution in [1.82, 2.24) is 20.4 Å². The van der Waals surface area contributed by atoms with Gasteiger partial charge in [-0.2, -0.15) is 0 Å². The van der Waals surface area contributed by atoms with Crippen molar-refractivity contribution in [3.05, 3.63) is 65.9 Å². The van der Waals surface area contributed by atoms with Gasteiger partial charge in [0.1, 0.15) is 11.3 Å². The minimum Gasteiger partial charge on any atom is -0.477 e. The Morgan fingerprint density at radius 1 is 1.11 bits per heavy atom. The van der Waals surface area contributed by atoms with Crippen LogP contribution in [0.5, 0.6) is 0 Å². The van der Waals surface area contributed by atoms with Crippen LogP contribution in [0.25, 0.3) is 11.3 Å². The average molecular weight is 411 g/mol.